The molecule has 1 atom stereocenters. The average Bonchev–Trinajstić information content (AvgIpc) is 2.80. The van der Waals surface area contributed by atoms with Crippen LogP contribution in [0.2, 0.25) is 0 Å². The van der Waals surface area contributed by atoms with Gasteiger partial charge in [-0.3, -0.25) is 9.59 Å². The molecular formula is C24H33N3O5S. The predicted molar refractivity (Wildman–Crippen MR) is 126 cm³/mol. The van der Waals surface area contributed by atoms with Crippen LogP contribution in [-0.4, -0.2) is 50.3 Å². The molecule has 1 aliphatic carbocycles. The summed E-state index contributed by atoms with van der Waals surface area (Å²) in [5, 5.41) is 5.78. The molecule has 0 saturated carbocycles. The van der Waals surface area contributed by atoms with E-state index in [1.165, 1.54) is 28.8 Å². The number of amides is 2. The van der Waals surface area contributed by atoms with Gasteiger partial charge in [0.05, 0.1) is 10.6 Å². The van der Waals surface area contributed by atoms with Gasteiger partial charge in [0.2, 0.25) is 15.9 Å². The van der Waals surface area contributed by atoms with Crippen molar-refractivity contribution < 1.29 is 22.7 Å². The van der Waals surface area contributed by atoms with E-state index in [1.807, 2.05) is 0 Å². The van der Waals surface area contributed by atoms with Gasteiger partial charge >= 0.3 is 0 Å². The fraction of sp³-hybridized carbons (Fsp3) is 0.583. The van der Waals surface area contributed by atoms with Gasteiger partial charge in [0.15, 0.2) is 6.10 Å². The van der Waals surface area contributed by atoms with Crippen molar-refractivity contribution in [1.29, 1.82) is 0 Å². The number of carbonyl (C=O) groups excluding carboxylic acids is 2. The van der Waals surface area contributed by atoms with Crippen molar-refractivity contribution in [3.63, 3.8) is 0 Å². The molecule has 1 saturated heterocycles. The Kier molecular flexibility index (Phi) is 7.09. The Hall–Kier alpha value is -2.39. The molecule has 1 fully saturated rings. The third-order valence-corrected chi connectivity index (χ3v) is 8.82. The Labute approximate surface area is 195 Å². The van der Waals surface area contributed by atoms with E-state index in [1.54, 1.807) is 19.9 Å². The van der Waals surface area contributed by atoms with Crippen LogP contribution < -0.4 is 15.4 Å². The average molecular weight is 476 g/mol. The molecule has 2 heterocycles. The van der Waals surface area contributed by atoms with Crippen LogP contribution in [0.5, 0.6) is 5.75 Å². The maximum absolute atomic E-state index is 13.3. The highest BCUT2D eigenvalue weighted by atomic mass is 32.2. The van der Waals surface area contributed by atoms with Gasteiger partial charge in [0.1, 0.15) is 5.75 Å². The molecule has 2 aliphatic heterocycles. The standard InChI is InChI=1S/C24H33N3O5S/c1-16-14-20-21(32-17(2)23(28)26-20)15-22(16)33(30,31)27-12-9-19(10-13-27)24(29)25-11-8-18-6-4-3-5-7-18/h6,14-15,17,19H,3-5,7-13H2,1-2H3,(H,25,29)(H,26,28)/t17-/m1/s1. The summed E-state index contributed by atoms with van der Waals surface area (Å²) in [6.45, 7) is 4.58. The first kappa shape index (κ1) is 23.8. The number of carbonyl (C=O) groups is 2. The van der Waals surface area contributed by atoms with Crippen LogP contribution >= 0.6 is 0 Å². The Morgan fingerprint density at radius 1 is 1.24 bits per heavy atom. The summed E-state index contributed by atoms with van der Waals surface area (Å²) in [7, 11) is -3.74. The monoisotopic (exact) mass is 475 g/mol. The van der Waals surface area contributed by atoms with Crippen molar-refractivity contribution >= 4 is 27.5 Å². The molecule has 0 aromatic heterocycles. The number of nitrogens with one attached hydrogen (secondary N) is 2. The van der Waals surface area contributed by atoms with Gasteiger partial charge in [-0.05, 0) is 70.4 Å². The molecule has 1 aromatic rings. The highest BCUT2D eigenvalue weighted by Gasteiger charge is 2.34. The minimum absolute atomic E-state index is 0.0200. The minimum Gasteiger partial charge on any atom is -0.479 e. The largest absolute Gasteiger partial charge is 0.479 e. The summed E-state index contributed by atoms with van der Waals surface area (Å²) in [6, 6.07) is 3.13. The number of benzene rings is 1. The second kappa shape index (κ2) is 9.85. The second-order valence-corrected chi connectivity index (χ2v) is 11.1. The number of nitrogens with zero attached hydrogens (tertiary/aromatic N) is 1. The van der Waals surface area contributed by atoms with Gasteiger partial charge in [-0.2, -0.15) is 4.31 Å². The van der Waals surface area contributed by atoms with Gasteiger partial charge in [0.25, 0.3) is 5.91 Å². The van der Waals surface area contributed by atoms with Crippen molar-refractivity contribution in [2.75, 3.05) is 25.0 Å². The maximum atomic E-state index is 13.3. The lowest BCUT2D eigenvalue weighted by Gasteiger charge is -2.31. The first-order valence-corrected chi connectivity index (χ1v) is 13.3. The molecule has 2 amide bonds. The Morgan fingerprint density at radius 3 is 2.70 bits per heavy atom. The molecule has 1 aromatic carbocycles. The van der Waals surface area contributed by atoms with Gasteiger partial charge in [-0.15, -0.1) is 0 Å². The molecule has 0 radical (unpaired) electrons. The molecular weight excluding hydrogens is 442 g/mol. The number of piperidine rings is 1. The number of rotatable bonds is 6. The maximum Gasteiger partial charge on any atom is 0.265 e. The van der Waals surface area contributed by atoms with Crippen molar-refractivity contribution in [2.24, 2.45) is 5.92 Å². The lowest BCUT2D eigenvalue weighted by Crippen LogP contribution is -2.43. The Bertz CT molecular complexity index is 1060. The number of hydrogen-bond acceptors (Lipinski definition) is 5. The van der Waals surface area contributed by atoms with Crippen LogP contribution in [0.1, 0.15) is 57.4 Å². The number of hydrogen-bond donors (Lipinski definition) is 2. The van der Waals surface area contributed by atoms with E-state index in [4.69, 9.17) is 4.74 Å². The zero-order chi connectivity index (χ0) is 23.6. The smallest absolute Gasteiger partial charge is 0.265 e. The van der Waals surface area contributed by atoms with Crippen LogP contribution in [-0.2, 0) is 19.6 Å². The predicted octanol–water partition coefficient (Wildman–Crippen LogP) is 3.12. The number of aryl methyl sites for hydroxylation is 1. The van der Waals surface area contributed by atoms with E-state index in [0.717, 1.165) is 19.3 Å². The summed E-state index contributed by atoms with van der Waals surface area (Å²) in [5.74, 6) is -0.0469. The first-order chi connectivity index (χ1) is 15.8. The Balaban J connectivity index is 1.35. The molecule has 0 unspecified atom stereocenters. The summed E-state index contributed by atoms with van der Waals surface area (Å²) < 4.78 is 33.7. The van der Waals surface area contributed by atoms with Crippen LogP contribution in [0.15, 0.2) is 28.7 Å². The van der Waals surface area contributed by atoms with Crippen LogP contribution in [0.4, 0.5) is 5.69 Å². The van der Waals surface area contributed by atoms with E-state index in [0.29, 0.717) is 49.5 Å². The van der Waals surface area contributed by atoms with Crippen LogP contribution in [0, 0.1) is 12.8 Å². The fourth-order valence-corrected chi connectivity index (χ4v) is 6.43. The number of anilines is 1. The van der Waals surface area contributed by atoms with E-state index >= 15 is 0 Å². The van der Waals surface area contributed by atoms with E-state index in [2.05, 4.69) is 16.7 Å². The van der Waals surface area contributed by atoms with Crippen molar-refractivity contribution in [2.45, 2.75) is 69.8 Å². The molecule has 3 aliphatic rings. The van der Waals surface area contributed by atoms with Gasteiger partial charge < -0.3 is 15.4 Å². The summed E-state index contributed by atoms with van der Waals surface area (Å²) >= 11 is 0. The number of fused-ring (bicyclic) bond motifs is 1. The Morgan fingerprint density at radius 2 is 2.00 bits per heavy atom. The SMILES string of the molecule is Cc1cc2c(cc1S(=O)(=O)N1CCC(C(=O)NCCC3=CCCCC3)CC1)O[C@H](C)C(=O)N2. The van der Waals surface area contributed by atoms with Crippen LogP contribution in [0.3, 0.4) is 0 Å². The normalized spacial score (nSPS) is 22.1. The second-order valence-electron chi connectivity index (χ2n) is 9.19. The van der Waals surface area contributed by atoms with E-state index in [-0.39, 0.29) is 22.6 Å². The number of sulfonamides is 1. The molecule has 0 bridgehead atoms. The lowest BCUT2D eigenvalue weighted by molar-refractivity contribution is -0.126. The van der Waals surface area contributed by atoms with E-state index in [9.17, 15) is 18.0 Å². The molecule has 33 heavy (non-hydrogen) atoms. The topological polar surface area (TPSA) is 105 Å². The molecule has 2 N–H and O–H groups in total. The third kappa shape index (κ3) is 5.24. The molecule has 180 valence electrons. The molecule has 9 heteroatoms. The van der Waals surface area contributed by atoms with E-state index < -0.39 is 16.1 Å². The van der Waals surface area contributed by atoms with Gasteiger partial charge in [-0.1, -0.05) is 11.6 Å². The highest BCUT2D eigenvalue weighted by Crippen LogP contribution is 2.36. The lowest BCUT2D eigenvalue weighted by atomic mass is 9.96. The van der Waals surface area contributed by atoms with Gasteiger partial charge in [0, 0.05) is 31.6 Å². The van der Waals surface area contributed by atoms with Crippen molar-refractivity contribution in [3.05, 3.63) is 29.3 Å². The van der Waals surface area contributed by atoms with Gasteiger partial charge in [-0.25, -0.2) is 8.42 Å². The molecule has 0 spiro atoms. The summed E-state index contributed by atoms with van der Waals surface area (Å²) in [4.78, 5) is 24.6. The van der Waals surface area contributed by atoms with Crippen molar-refractivity contribution in [3.8, 4) is 5.75 Å². The number of ether oxygens (including phenoxy) is 1. The molecule has 4 rings (SSSR count). The van der Waals surface area contributed by atoms with Crippen molar-refractivity contribution in [1.82, 2.24) is 9.62 Å². The quantitative estimate of drug-likeness (QED) is 0.615. The summed E-state index contributed by atoms with van der Waals surface area (Å²) in [5.41, 5.74) is 2.46. The summed E-state index contributed by atoms with van der Waals surface area (Å²) in [6.07, 6.45) is 8.27. The zero-order valence-corrected chi connectivity index (χ0v) is 20.2. The number of allylic oxidation sites excluding steroid dienone is 1. The zero-order valence-electron chi connectivity index (χ0n) is 19.4. The fourth-order valence-electron chi connectivity index (χ4n) is 4.74. The van der Waals surface area contributed by atoms with Crippen LogP contribution in [0.25, 0.3) is 0 Å². The highest BCUT2D eigenvalue weighted by molar-refractivity contribution is 7.89. The third-order valence-electron chi connectivity index (χ3n) is 6.78. The molecule has 8 nitrogen and oxygen atoms in total. The first-order valence-electron chi connectivity index (χ1n) is 11.8. The minimum atomic E-state index is -3.74.